The molecule has 1 aliphatic heterocycles. The summed E-state index contributed by atoms with van der Waals surface area (Å²) in [6.07, 6.45) is 2.85. The van der Waals surface area contributed by atoms with Crippen molar-refractivity contribution in [2.45, 2.75) is 19.6 Å². The van der Waals surface area contributed by atoms with E-state index in [1.165, 1.54) is 0 Å². The standard InChI is InChI=1S/C22H16ClN3O2S/c23-16-3-6-19-20(10-16)25-21-15(7-8-26(21)22(19)27)9-14-1-4-18(5-2-14)28-11-17-12-29-13-24-17/h1-6,9-10,12-13H,7-8,11H2/b15-9-. The van der Waals surface area contributed by atoms with Gasteiger partial charge in [-0.25, -0.2) is 9.97 Å². The Balaban J connectivity index is 1.42. The summed E-state index contributed by atoms with van der Waals surface area (Å²) in [6.45, 7) is 1.10. The van der Waals surface area contributed by atoms with Crippen molar-refractivity contribution < 1.29 is 4.74 Å². The van der Waals surface area contributed by atoms with E-state index in [0.29, 0.717) is 34.9 Å². The lowest BCUT2D eigenvalue weighted by molar-refractivity contribution is 0.302. The van der Waals surface area contributed by atoms with Gasteiger partial charge in [0.25, 0.3) is 5.56 Å². The molecule has 0 saturated heterocycles. The Morgan fingerprint density at radius 2 is 2.07 bits per heavy atom. The number of rotatable bonds is 4. The zero-order valence-electron chi connectivity index (χ0n) is 15.3. The van der Waals surface area contributed by atoms with Crippen LogP contribution >= 0.6 is 22.9 Å². The number of hydrogen-bond donors (Lipinski definition) is 0. The SMILES string of the molecule is O=c1c2ccc(Cl)cc2nc2n1CC/C2=C/c1ccc(OCc2cscn2)cc1. The molecule has 0 saturated carbocycles. The highest BCUT2D eigenvalue weighted by molar-refractivity contribution is 7.07. The largest absolute Gasteiger partial charge is 0.487 e. The fourth-order valence-corrected chi connectivity index (χ4v) is 4.16. The van der Waals surface area contributed by atoms with Crippen LogP contribution in [0.4, 0.5) is 0 Å². The molecule has 3 heterocycles. The van der Waals surface area contributed by atoms with Gasteiger partial charge < -0.3 is 4.74 Å². The summed E-state index contributed by atoms with van der Waals surface area (Å²) in [5.74, 6) is 1.51. The molecule has 0 bridgehead atoms. The van der Waals surface area contributed by atoms with E-state index in [1.54, 1.807) is 39.6 Å². The van der Waals surface area contributed by atoms with Crippen LogP contribution in [0.2, 0.25) is 5.02 Å². The zero-order valence-corrected chi connectivity index (χ0v) is 16.9. The molecule has 0 spiro atoms. The molecule has 0 radical (unpaired) electrons. The van der Waals surface area contributed by atoms with Gasteiger partial charge in [0.1, 0.15) is 18.2 Å². The van der Waals surface area contributed by atoms with Crippen molar-refractivity contribution in [2.24, 2.45) is 0 Å². The van der Waals surface area contributed by atoms with Crippen LogP contribution in [0.5, 0.6) is 5.75 Å². The smallest absolute Gasteiger partial charge is 0.261 e. The summed E-state index contributed by atoms with van der Waals surface area (Å²) in [4.78, 5) is 21.7. The normalized spacial score (nSPS) is 14.4. The van der Waals surface area contributed by atoms with Gasteiger partial charge in [-0.05, 0) is 54.0 Å². The number of nitrogens with zero attached hydrogens (tertiary/aromatic N) is 3. The maximum Gasteiger partial charge on any atom is 0.261 e. The van der Waals surface area contributed by atoms with Gasteiger partial charge in [-0.15, -0.1) is 11.3 Å². The molecule has 144 valence electrons. The van der Waals surface area contributed by atoms with Crippen LogP contribution in [0.1, 0.15) is 23.5 Å². The lowest BCUT2D eigenvalue weighted by Gasteiger charge is -2.06. The summed E-state index contributed by atoms with van der Waals surface area (Å²) in [5.41, 5.74) is 5.41. The number of hydrogen-bond acceptors (Lipinski definition) is 5. The molecule has 5 rings (SSSR count). The Labute approximate surface area is 175 Å². The molecule has 29 heavy (non-hydrogen) atoms. The molecule has 0 fully saturated rings. The highest BCUT2D eigenvalue weighted by atomic mass is 35.5. The van der Waals surface area contributed by atoms with Crippen LogP contribution in [0.25, 0.3) is 22.6 Å². The van der Waals surface area contributed by atoms with E-state index in [9.17, 15) is 4.79 Å². The van der Waals surface area contributed by atoms with Crippen LogP contribution in [-0.2, 0) is 13.2 Å². The minimum atomic E-state index is -0.0177. The van der Waals surface area contributed by atoms with E-state index in [1.807, 2.05) is 29.6 Å². The molecule has 0 aliphatic carbocycles. The molecule has 0 amide bonds. The third-order valence-electron chi connectivity index (χ3n) is 4.90. The van der Waals surface area contributed by atoms with E-state index in [0.717, 1.165) is 29.0 Å². The molecule has 0 atom stereocenters. The van der Waals surface area contributed by atoms with E-state index in [2.05, 4.69) is 11.1 Å². The second-order valence-corrected chi connectivity index (χ2v) is 7.97. The van der Waals surface area contributed by atoms with Gasteiger partial charge in [0.05, 0.1) is 22.1 Å². The molecule has 2 aromatic heterocycles. The number of aromatic nitrogens is 3. The zero-order chi connectivity index (χ0) is 19.8. The summed E-state index contributed by atoms with van der Waals surface area (Å²) in [5, 5.41) is 3.15. The highest BCUT2D eigenvalue weighted by Gasteiger charge is 2.20. The van der Waals surface area contributed by atoms with Crippen molar-refractivity contribution in [3.8, 4) is 5.75 Å². The third kappa shape index (κ3) is 3.57. The van der Waals surface area contributed by atoms with Gasteiger partial charge in [0.15, 0.2) is 0 Å². The van der Waals surface area contributed by atoms with E-state index in [-0.39, 0.29) is 5.56 Å². The monoisotopic (exact) mass is 421 g/mol. The Hall–Kier alpha value is -2.96. The highest BCUT2D eigenvalue weighted by Crippen LogP contribution is 2.28. The predicted molar refractivity (Wildman–Crippen MR) is 116 cm³/mol. The summed E-state index contributed by atoms with van der Waals surface area (Å²) in [6, 6.07) is 13.1. The quantitative estimate of drug-likeness (QED) is 0.463. The van der Waals surface area contributed by atoms with Gasteiger partial charge in [-0.2, -0.15) is 0 Å². The summed E-state index contributed by atoms with van der Waals surface area (Å²) >= 11 is 7.64. The van der Waals surface area contributed by atoms with Gasteiger partial charge in [0, 0.05) is 16.9 Å². The van der Waals surface area contributed by atoms with Gasteiger partial charge >= 0.3 is 0 Å². The van der Waals surface area contributed by atoms with Crippen molar-refractivity contribution in [1.29, 1.82) is 0 Å². The second kappa shape index (κ2) is 7.46. The lowest BCUT2D eigenvalue weighted by Crippen LogP contribution is -2.20. The molecule has 0 N–H and O–H groups in total. The Morgan fingerprint density at radius 1 is 1.21 bits per heavy atom. The molecule has 0 unspecified atom stereocenters. The first-order chi connectivity index (χ1) is 14.2. The number of thiazole rings is 1. The van der Waals surface area contributed by atoms with E-state index >= 15 is 0 Å². The molecule has 5 nitrogen and oxygen atoms in total. The molecule has 7 heteroatoms. The fourth-order valence-electron chi connectivity index (χ4n) is 3.46. The molecular weight excluding hydrogens is 406 g/mol. The Kier molecular flexibility index (Phi) is 4.66. The van der Waals surface area contributed by atoms with Crippen LogP contribution in [0.3, 0.4) is 0 Å². The maximum absolute atomic E-state index is 12.8. The van der Waals surface area contributed by atoms with Gasteiger partial charge in [-0.3, -0.25) is 9.36 Å². The fraction of sp³-hybridized carbons (Fsp3) is 0.136. The minimum absolute atomic E-state index is 0.0177. The first-order valence-electron chi connectivity index (χ1n) is 9.18. The van der Waals surface area contributed by atoms with Crippen molar-refractivity contribution in [1.82, 2.24) is 14.5 Å². The first-order valence-corrected chi connectivity index (χ1v) is 10.5. The van der Waals surface area contributed by atoms with Crippen LogP contribution in [-0.4, -0.2) is 14.5 Å². The predicted octanol–water partition coefficient (Wildman–Crippen LogP) is 5.03. The molecular formula is C22H16ClN3O2S. The number of allylic oxidation sites excluding steroid dienone is 1. The average Bonchev–Trinajstić information content (AvgIpc) is 3.38. The van der Waals surface area contributed by atoms with E-state index in [4.69, 9.17) is 21.3 Å². The number of ether oxygens (including phenoxy) is 1. The summed E-state index contributed by atoms with van der Waals surface area (Å²) in [7, 11) is 0. The Bertz CT molecular complexity index is 1280. The van der Waals surface area contributed by atoms with Crippen molar-refractivity contribution >= 4 is 45.5 Å². The number of halogens is 1. The minimum Gasteiger partial charge on any atom is -0.487 e. The molecule has 4 aromatic rings. The van der Waals surface area contributed by atoms with Crippen LogP contribution in [0, 0.1) is 0 Å². The Morgan fingerprint density at radius 3 is 2.86 bits per heavy atom. The number of benzene rings is 2. The number of fused-ring (bicyclic) bond motifs is 2. The maximum atomic E-state index is 12.8. The van der Waals surface area contributed by atoms with Crippen molar-refractivity contribution in [3.63, 3.8) is 0 Å². The topological polar surface area (TPSA) is 57.0 Å². The first kappa shape index (κ1) is 18.1. The average molecular weight is 422 g/mol. The van der Waals surface area contributed by atoms with Crippen LogP contribution < -0.4 is 10.3 Å². The van der Waals surface area contributed by atoms with Crippen molar-refractivity contribution in [2.75, 3.05) is 0 Å². The third-order valence-corrected chi connectivity index (χ3v) is 5.77. The second-order valence-electron chi connectivity index (χ2n) is 6.81. The molecule has 1 aliphatic rings. The lowest BCUT2D eigenvalue weighted by atomic mass is 10.1. The van der Waals surface area contributed by atoms with Gasteiger partial charge in [-0.1, -0.05) is 23.7 Å². The van der Waals surface area contributed by atoms with Gasteiger partial charge in [0.2, 0.25) is 0 Å². The van der Waals surface area contributed by atoms with E-state index < -0.39 is 0 Å². The molecule has 2 aromatic carbocycles. The van der Waals surface area contributed by atoms with Crippen LogP contribution in [0.15, 0.2) is 58.1 Å². The van der Waals surface area contributed by atoms with Crippen molar-refractivity contribution in [3.05, 3.63) is 85.8 Å². The summed E-state index contributed by atoms with van der Waals surface area (Å²) < 4.78 is 7.50.